The zero-order valence-electron chi connectivity index (χ0n) is 11.5. The average Bonchev–Trinajstić information content (AvgIpc) is 2.85. The van der Waals surface area contributed by atoms with Gasteiger partial charge in [-0.3, -0.25) is 0 Å². The summed E-state index contributed by atoms with van der Waals surface area (Å²) >= 11 is 1.79. The maximum atomic E-state index is 9.81. The highest BCUT2D eigenvalue weighted by Gasteiger charge is 2.08. The second-order valence-electron chi connectivity index (χ2n) is 4.67. The monoisotopic (exact) mass is 271 g/mol. The third kappa shape index (κ3) is 7.11. The Hall–Kier alpha value is -0.420. The number of aliphatic hydroxyl groups is 1. The van der Waals surface area contributed by atoms with Crippen LogP contribution < -0.4 is 0 Å². The second kappa shape index (κ2) is 9.50. The molecular weight excluding hydrogens is 246 g/mol. The normalized spacial score (nSPS) is 13.1. The second-order valence-corrected chi connectivity index (χ2v) is 5.71. The summed E-state index contributed by atoms with van der Waals surface area (Å²) in [6.07, 6.45) is 2.88. The van der Waals surface area contributed by atoms with Crippen molar-refractivity contribution in [2.75, 3.05) is 33.4 Å². The molecule has 104 valence electrons. The van der Waals surface area contributed by atoms with Crippen molar-refractivity contribution in [2.45, 2.75) is 32.3 Å². The summed E-state index contributed by atoms with van der Waals surface area (Å²) < 4.78 is 5.41. The van der Waals surface area contributed by atoms with Crippen molar-refractivity contribution in [1.82, 2.24) is 4.90 Å². The molecule has 0 fully saturated rings. The molecule has 0 aliphatic carbocycles. The van der Waals surface area contributed by atoms with Gasteiger partial charge in [-0.1, -0.05) is 19.4 Å². The number of likely N-dealkylation sites (N-methyl/N-ethyl adjacent to an activating group) is 1. The smallest absolute Gasteiger partial charge is 0.0900 e. The fraction of sp³-hybridized carbons (Fsp3) is 0.714. The Morgan fingerprint density at radius 3 is 3.00 bits per heavy atom. The number of rotatable bonds is 10. The van der Waals surface area contributed by atoms with Crippen molar-refractivity contribution < 1.29 is 9.84 Å². The molecule has 0 spiro atoms. The van der Waals surface area contributed by atoms with Crippen molar-refractivity contribution in [1.29, 1.82) is 0 Å². The van der Waals surface area contributed by atoms with Gasteiger partial charge in [-0.25, -0.2) is 0 Å². The van der Waals surface area contributed by atoms with E-state index in [9.17, 15) is 5.11 Å². The van der Waals surface area contributed by atoms with Crippen molar-refractivity contribution in [3.05, 3.63) is 22.4 Å². The van der Waals surface area contributed by atoms with Crippen LogP contribution in [0.2, 0.25) is 0 Å². The predicted molar refractivity (Wildman–Crippen MR) is 77.3 cm³/mol. The standard InChI is InChI=1S/C14H25NO2S/c1-3-4-9-17-12-13(16)11-15(2)8-7-14-6-5-10-18-14/h5-6,10,13,16H,3-4,7-9,11-12H2,1-2H3. The fourth-order valence-corrected chi connectivity index (χ4v) is 2.42. The van der Waals surface area contributed by atoms with Crippen LogP contribution in [0.15, 0.2) is 17.5 Å². The molecule has 1 heterocycles. The number of unbranched alkanes of at least 4 members (excludes halogenated alkanes) is 1. The maximum Gasteiger partial charge on any atom is 0.0900 e. The van der Waals surface area contributed by atoms with E-state index in [0.717, 1.165) is 32.4 Å². The number of thiophene rings is 1. The van der Waals surface area contributed by atoms with E-state index in [4.69, 9.17) is 4.74 Å². The van der Waals surface area contributed by atoms with E-state index in [-0.39, 0.29) is 6.10 Å². The Bertz CT molecular complexity index is 290. The molecule has 1 N–H and O–H groups in total. The lowest BCUT2D eigenvalue weighted by Gasteiger charge is -2.20. The first-order chi connectivity index (χ1) is 8.72. The Kier molecular flexibility index (Phi) is 8.25. The van der Waals surface area contributed by atoms with Gasteiger partial charge in [0.15, 0.2) is 0 Å². The van der Waals surface area contributed by atoms with Crippen LogP contribution in [0.4, 0.5) is 0 Å². The topological polar surface area (TPSA) is 32.7 Å². The molecule has 3 nitrogen and oxygen atoms in total. The molecule has 1 atom stereocenters. The van der Waals surface area contributed by atoms with Gasteiger partial charge in [0.05, 0.1) is 12.7 Å². The van der Waals surface area contributed by atoms with Crippen LogP contribution in [0.3, 0.4) is 0 Å². The Balaban J connectivity index is 2.05. The Morgan fingerprint density at radius 2 is 2.33 bits per heavy atom. The summed E-state index contributed by atoms with van der Waals surface area (Å²) in [6.45, 7) is 5.00. The van der Waals surface area contributed by atoms with Crippen LogP contribution in [0, 0.1) is 0 Å². The molecule has 0 bridgehead atoms. The largest absolute Gasteiger partial charge is 0.389 e. The summed E-state index contributed by atoms with van der Waals surface area (Å²) in [4.78, 5) is 3.56. The van der Waals surface area contributed by atoms with Gasteiger partial charge in [0.1, 0.15) is 0 Å². The van der Waals surface area contributed by atoms with E-state index in [1.165, 1.54) is 4.88 Å². The molecule has 0 saturated carbocycles. The van der Waals surface area contributed by atoms with E-state index in [1.807, 2.05) is 7.05 Å². The summed E-state index contributed by atoms with van der Waals surface area (Å²) in [7, 11) is 2.04. The highest BCUT2D eigenvalue weighted by molar-refractivity contribution is 7.09. The lowest BCUT2D eigenvalue weighted by Crippen LogP contribution is -2.33. The van der Waals surface area contributed by atoms with E-state index < -0.39 is 0 Å². The van der Waals surface area contributed by atoms with Gasteiger partial charge in [-0.2, -0.15) is 0 Å². The number of hydrogen-bond acceptors (Lipinski definition) is 4. The molecule has 0 radical (unpaired) electrons. The quantitative estimate of drug-likeness (QED) is 0.663. The minimum atomic E-state index is -0.379. The first-order valence-electron chi connectivity index (χ1n) is 6.69. The summed E-state index contributed by atoms with van der Waals surface area (Å²) in [5.74, 6) is 0. The van der Waals surface area contributed by atoms with Crippen molar-refractivity contribution in [2.24, 2.45) is 0 Å². The van der Waals surface area contributed by atoms with E-state index in [2.05, 4.69) is 29.3 Å². The van der Waals surface area contributed by atoms with Gasteiger partial charge in [-0.15, -0.1) is 11.3 Å². The molecule has 0 saturated heterocycles. The van der Waals surface area contributed by atoms with Crippen LogP contribution in [-0.2, 0) is 11.2 Å². The third-order valence-corrected chi connectivity index (χ3v) is 3.73. The van der Waals surface area contributed by atoms with Crippen LogP contribution in [0.25, 0.3) is 0 Å². The van der Waals surface area contributed by atoms with Gasteiger partial charge in [0, 0.05) is 24.6 Å². The highest BCUT2D eigenvalue weighted by Crippen LogP contribution is 2.09. The van der Waals surface area contributed by atoms with Crippen molar-refractivity contribution in [3.8, 4) is 0 Å². The molecule has 0 aliphatic heterocycles. The minimum Gasteiger partial charge on any atom is -0.389 e. The lowest BCUT2D eigenvalue weighted by atomic mass is 10.3. The van der Waals surface area contributed by atoms with Crippen LogP contribution in [-0.4, -0.2) is 49.5 Å². The maximum absolute atomic E-state index is 9.81. The minimum absolute atomic E-state index is 0.379. The van der Waals surface area contributed by atoms with E-state index in [1.54, 1.807) is 11.3 Å². The van der Waals surface area contributed by atoms with Crippen molar-refractivity contribution >= 4 is 11.3 Å². The van der Waals surface area contributed by atoms with E-state index in [0.29, 0.717) is 13.2 Å². The molecule has 0 amide bonds. The van der Waals surface area contributed by atoms with Crippen molar-refractivity contribution in [3.63, 3.8) is 0 Å². The molecule has 0 aromatic carbocycles. The molecule has 1 unspecified atom stereocenters. The zero-order chi connectivity index (χ0) is 13.2. The van der Waals surface area contributed by atoms with Gasteiger partial charge < -0.3 is 14.7 Å². The lowest BCUT2D eigenvalue weighted by molar-refractivity contribution is 0.0201. The summed E-state index contributed by atoms with van der Waals surface area (Å²) in [5.41, 5.74) is 0. The molecule has 4 heteroatoms. The third-order valence-electron chi connectivity index (χ3n) is 2.79. The zero-order valence-corrected chi connectivity index (χ0v) is 12.3. The first kappa shape index (κ1) is 15.6. The van der Waals surface area contributed by atoms with Crippen LogP contribution in [0.5, 0.6) is 0 Å². The molecule has 0 aliphatic rings. The van der Waals surface area contributed by atoms with E-state index >= 15 is 0 Å². The van der Waals surface area contributed by atoms with Gasteiger partial charge in [0.25, 0.3) is 0 Å². The Morgan fingerprint density at radius 1 is 1.50 bits per heavy atom. The molecule has 1 aromatic heterocycles. The first-order valence-corrected chi connectivity index (χ1v) is 7.57. The summed E-state index contributed by atoms with van der Waals surface area (Å²) in [6, 6.07) is 4.24. The Labute approximate surface area is 114 Å². The molecular formula is C14H25NO2S. The van der Waals surface area contributed by atoms with Gasteiger partial charge >= 0.3 is 0 Å². The van der Waals surface area contributed by atoms with Crippen LogP contribution in [0.1, 0.15) is 24.6 Å². The van der Waals surface area contributed by atoms with Crippen LogP contribution >= 0.6 is 11.3 Å². The SMILES string of the molecule is CCCCOCC(O)CN(C)CCc1cccs1. The molecule has 18 heavy (non-hydrogen) atoms. The number of ether oxygens (including phenoxy) is 1. The van der Waals surface area contributed by atoms with Gasteiger partial charge in [-0.05, 0) is 31.3 Å². The number of nitrogens with zero attached hydrogens (tertiary/aromatic N) is 1. The molecule has 1 aromatic rings. The predicted octanol–water partition coefficient (Wildman–Crippen LogP) is 2.40. The number of aliphatic hydroxyl groups excluding tert-OH is 1. The fourth-order valence-electron chi connectivity index (χ4n) is 1.73. The van der Waals surface area contributed by atoms with Gasteiger partial charge in [0.2, 0.25) is 0 Å². The molecule has 1 rings (SSSR count). The average molecular weight is 271 g/mol. The summed E-state index contributed by atoms with van der Waals surface area (Å²) in [5, 5.41) is 11.9. The highest BCUT2D eigenvalue weighted by atomic mass is 32.1. The number of hydrogen-bond donors (Lipinski definition) is 1.